The molecule has 1 fully saturated rings. The Morgan fingerprint density at radius 1 is 1.04 bits per heavy atom. The van der Waals surface area contributed by atoms with Crippen molar-refractivity contribution in [1.29, 1.82) is 0 Å². The topological polar surface area (TPSA) is 79.2 Å². The molecule has 1 aliphatic rings. The van der Waals surface area contributed by atoms with E-state index in [1.165, 1.54) is 11.8 Å². The van der Waals surface area contributed by atoms with Gasteiger partial charge in [-0.3, -0.25) is 0 Å². The Kier molecular flexibility index (Phi) is 7.25. The summed E-state index contributed by atoms with van der Waals surface area (Å²) in [5.41, 5.74) is 2.06. The van der Waals surface area contributed by atoms with Crippen LogP contribution in [0.3, 0.4) is 0 Å². The first kappa shape index (κ1) is 21.4. The van der Waals surface area contributed by atoms with Crippen molar-refractivity contribution in [2.75, 3.05) is 12.9 Å². The average Bonchev–Trinajstić information content (AvgIpc) is 2.70. The molecule has 0 bridgehead atoms. The van der Waals surface area contributed by atoms with Crippen LogP contribution in [0.2, 0.25) is 5.02 Å². The Bertz CT molecular complexity index is 783. The van der Waals surface area contributed by atoms with Crippen molar-refractivity contribution in [2.24, 2.45) is 0 Å². The summed E-state index contributed by atoms with van der Waals surface area (Å²) in [4.78, 5) is 0. The molecule has 3 N–H and O–H groups in total. The van der Waals surface area contributed by atoms with Crippen molar-refractivity contribution >= 4 is 23.4 Å². The van der Waals surface area contributed by atoms with Crippen LogP contribution in [0.15, 0.2) is 42.5 Å². The molecule has 152 valence electrons. The van der Waals surface area contributed by atoms with Crippen LogP contribution in [0.1, 0.15) is 29.7 Å². The van der Waals surface area contributed by atoms with Gasteiger partial charge in [0.15, 0.2) is 0 Å². The van der Waals surface area contributed by atoms with Gasteiger partial charge in [0.2, 0.25) is 0 Å². The second-order valence-electron chi connectivity index (χ2n) is 6.74. The van der Waals surface area contributed by atoms with Gasteiger partial charge in [-0.05, 0) is 54.5 Å². The maximum atomic E-state index is 10.4. The van der Waals surface area contributed by atoms with E-state index < -0.39 is 29.9 Å². The second-order valence-corrected chi connectivity index (χ2v) is 8.08. The quantitative estimate of drug-likeness (QED) is 0.661. The lowest BCUT2D eigenvalue weighted by Crippen LogP contribution is -2.52. The van der Waals surface area contributed by atoms with Gasteiger partial charge in [0.05, 0.1) is 6.61 Å². The normalized spacial score (nSPS) is 27.6. The Balaban J connectivity index is 1.82. The lowest BCUT2D eigenvalue weighted by molar-refractivity contribution is -0.200. The Labute approximate surface area is 174 Å². The molecule has 7 heteroatoms. The van der Waals surface area contributed by atoms with E-state index in [2.05, 4.69) is 0 Å². The fourth-order valence-electron chi connectivity index (χ4n) is 3.32. The van der Waals surface area contributed by atoms with E-state index >= 15 is 0 Å². The van der Waals surface area contributed by atoms with Crippen molar-refractivity contribution in [3.63, 3.8) is 0 Å². The van der Waals surface area contributed by atoms with Crippen LogP contribution in [0.25, 0.3) is 0 Å². The van der Waals surface area contributed by atoms with E-state index in [1.807, 2.05) is 37.3 Å². The van der Waals surface area contributed by atoms with Crippen LogP contribution in [-0.4, -0.2) is 51.9 Å². The van der Waals surface area contributed by atoms with Gasteiger partial charge in [-0.15, -0.1) is 11.8 Å². The highest BCUT2D eigenvalue weighted by atomic mass is 35.5. The van der Waals surface area contributed by atoms with Gasteiger partial charge in [-0.2, -0.15) is 0 Å². The third-order valence-corrected chi connectivity index (χ3v) is 6.05. The smallest absolute Gasteiger partial charge is 0.132 e. The highest BCUT2D eigenvalue weighted by molar-refractivity contribution is 7.99. The molecular weight excluding hydrogens is 400 g/mol. The maximum Gasteiger partial charge on any atom is 0.132 e. The van der Waals surface area contributed by atoms with Gasteiger partial charge in [-0.25, -0.2) is 0 Å². The third-order valence-electron chi connectivity index (χ3n) is 4.83. The minimum Gasteiger partial charge on any atom is -0.494 e. The number of aliphatic hydroxyl groups is 3. The van der Waals surface area contributed by atoms with Crippen molar-refractivity contribution in [2.45, 2.75) is 43.2 Å². The lowest BCUT2D eigenvalue weighted by Gasteiger charge is -2.40. The lowest BCUT2D eigenvalue weighted by atomic mass is 9.92. The SMILES string of the molecule is CCOc1ccc(Cc2cc(C3O[C@H](SC)[C@@H](O)[C@H](O)[C@H]3O)ccc2Cl)cc1. The molecule has 1 saturated heterocycles. The summed E-state index contributed by atoms with van der Waals surface area (Å²) in [7, 11) is 0. The number of thioether (sulfide) groups is 1. The van der Waals surface area contributed by atoms with Gasteiger partial charge >= 0.3 is 0 Å². The molecule has 1 aliphatic heterocycles. The summed E-state index contributed by atoms with van der Waals surface area (Å²) in [6, 6.07) is 13.3. The number of ether oxygens (including phenoxy) is 2. The van der Waals surface area contributed by atoms with Crippen LogP contribution >= 0.6 is 23.4 Å². The first-order valence-corrected chi connectivity index (χ1v) is 10.8. The standard InChI is InChI=1S/C21H25ClO5S/c1-3-26-15-7-4-12(5-8-15)10-14-11-13(6-9-16(14)22)20-18(24)17(23)19(25)21(27-20)28-2/h4-9,11,17-21,23-25H,3,10H2,1-2H3/t17-,18-,19+,20?,21-/m1/s1. The van der Waals surface area contributed by atoms with Gasteiger partial charge in [0, 0.05) is 5.02 Å². The summed E-state index contributed by atoms with van der Waals surface area (Å²) < 4.78 is 11.3. The minimum atomic E-state index is -1.28. The van der Waals surface area contributed by atoms with E-state index in [1.54, 1.807) is 18.4 Å². The molecule has 0 radical (unpaired) electrons. The van der Waals surface area contributed by atoms with E-state index in [4.69, 9.17) is 21.1 Å². The zero-order valence-corrected chi connectivity index (χ0v) is 17.4. The molecule has 0 aromatic heterocycles. The zero-order chi connectivity index (χ0) is 20.3. The molecular formula is C21H25ClO5S. The molecule has 3 rings (SSSR count). The van der Waals surface area contributed by atoms with Gasteiger partial charge in [-0.1, -0.05) is 35.9 Å². The van der Waals surface area contributed by atoms with E-state index in [0.717, 1.165) is 16.9 Å². The molecule has 0 amide bonds. The van der Waals surface area contributed by atoms with E-state index in [9.17, 15) is 15.3 Å². The first-order chi connectivity index (χ1) is 13.4. The molecule has 2 aromatic carbocycles. The van der Waals surface area contributed by atoms with Crippen molar-refractivity contribution in [1.82, 2.24) is 0 Å². The maximum absolute atomic E-state index is 10.4. The monoisotopic (exact) mass is 424 g/mol. The number of hydrogen-bond acceptors (Lipinski definition) is 6. The van der Waals surface area contributed by atoms with Gasteiger partial charge in [0.25, 0.3) is 0 Å². The molecule has 1 heterocycles. The molecule has 0 aliphatic carbocycles. The van der Waals surface area contributed by atoms with Crippen molar-refractivity contribution < 1.29 is 24.8 Å². The average molecular weight is 425 g/mol. The number of benzene rings is 2. The molecule has 5 atom stereocenters. The van der Waals surface area contributed by atoms with E-state index in [0.29, 0.717) is 23.6 Å². The number of hydrogen-bond donors (Lipinski definition) is 3. The van der Waals surface area contributed by atoms with E-state index in [-0.39, 0.29) is 0 Å². The van der Waals surface area contributed by atoms with Crippen LogP contribution < -0.4 is 4.74 Å². The Hall–Kier alpha value is -1.28. The van der Waals surface area contributed by atoms with Crippen LogP contribution in [0, 0.1) is 0 Å². The van der Waals surface area contributed by atoms with Crippen LogP contribution in [0.5, 0.6) is 5.75 Å². The molecule has 5 nitrogen and oxygen atoms in total. The first-order valence-electron chi connectivity index (χ1n) is 9.17. The minimum absolute atomic E-state index is 0.610. The fourth-order valence-corrected chi connectivity index (χ4v) is 4.17. The summed E-state index contributed by atoms with van der Waals surface area (Å²) >= 11 is 7.68. The van der Waals surface area contributed by atoms with Crippen LogP contribution in [-0.2, 0) is 11.2 Å². The number of halogens is 1. The van der Waals surface area contributed by atoms with Gasteiger partial charge in [0.1, 0.15) is 35.6 Å². The Morgan fingerprint density at radius 2 is 1.75 bits per heavy atom. The summed E-state index contributed by atoms with van der Waals surface area (Å²) in [6.07, 6.45) is -1.99. The fraction of sp³-hybridized carbons (Fsp3) is 0.429. The largest absolute Gasteiger partial charge is 0.494 e. The molecule has 28 heavy (non-hydrogen) atoms. The highest BCUT2D eigenvalue weighted by Gasteiger charge is 2.44. The van der Waals surface area contributed by atoms with Crippen molar-refractivity contribution in [3.05, 3.63) is 64.2 Å². The predicted molar refractivity (Wildman–Crippen MR) is 111 cm³/mol. The second kappa shape index (κ2) is 9.48. The summed E-state index contributed by atoms with van der Waals surface area (Å²) in [5.74, 6) is 0.820. The zero-order valence-electron chi connectivity index (χ0n) is 15.8. The highest BCUT2D eigenvalue weighted by Crippen LogP contribution is 2.37. The molecule has 1 unspecified atom stereocenters. The third kappa shape index (κ3) is 4.64. The summed E-state index contributed by atoms with van der Waals surface area (Å²) in [6.45, 7) is 2.56. The van der Waals surface area contributed by atoms with Gasteiger partial charge < -0.3 is 24.8 Å². The number of rotatable bonds is 6. The van der Waals surface area contributed by atoms with Crippen LogP contribution in [0.4, 0.5) is 0 Å². The Morgan fingerprint density at radius 3 is 2.39 bits per heavy atom. The van der Waals surface area contributed by atoms with Crippen molar-refractivity contribution in [3.8, 4) is 5.75 Å². The molecule has 0 spiro atoms. The number of aliphatic hydroxyl groups excluding tert-OH is 3. The molecule has 0 saturated carbocycles. The predicted octanol–water partition coefficient (Wildman–Crippen LogP) is 3.17. The summed E-state index contributed by atoms with van der Waals surface area (Å²) in [5, 5.41) is 31.2. The molecule has 2 aromatic rings.